The van der Waals surface area contributed by atoms with Crippen molar-refractivity contribution in [3.63, 3.8) is 0 Å². The molecular weight excluding hydrogens is 257 g/mol. The van der Waals surface area contributed by atoms with Crippen LogP contribution in [0.4, 0.5) is 0 Å². The fourth-order valence-electron chi connectivity index (χ4n) is 2.38. The van der Waals surface area contributed by atoms with E-state index in [2.05, 4.69) is 10.4 Å². The third-order valence-corrected chi connectivity index (χ3v) is 4.40. The molecule has 1 aliphatic carbocycles. The van der Waals surface area contributed by atoms with Gasteiger partial charge in [-0.05, 0) is 32.6 Å². The van der Waals surface area contributed by atoms with E-state index in [1.807, 2.05) is 14.0 Å². The van der Waals surface area contributed by atoms with Crippen LogP contribution >= 0.6 is 23.2 Å². The zero-order valence-electron chi connectivity index (χ0n) is 10.3. The van der Waals surface area contributed by atoms with E-state index in [4.69, 9.17) is 23.2 Å². The molecule has 2 rings (SSSR count). The Bertz CT molecular complexity index is 381. The summed E-state index contributed by atoms with van der Waals surface area (Å²) < 4.78 is 1.73. The second-order valence-corrected chi connectivity index (χ2v) is 5.78. The Morgan fingerprint density at radius 1 is 1.35 bits per heavy atom. The Morgan fingerprint density at radius 3 is 2.53 bits per heavy atom. The molecule has 1 aromatic rings. The highest BCUT2D eigenvalue weighted by molar-refractivity contribution is 6.30. The van der Waals surface area contributed by atoms with E-state index < -0.39 is 0 Å². The molecule has 1 fully saturated rings. The Labute approximate surface area is 112 Å². The maximum absolute atomic E-state index is 6.19. The second kappa shape index (κ2) is 5.59. The minimum Gasteiger partial charge on any atom is -0.310 e. The lowest BCUT2D eigenvalue weighted by Crippen LogP contribution is -2.33. The maximum atomic E-state index is 6.19. The van der Waals surface area contributed by atoms with Gasteiger partial charge in [-0.3, -0.25) is 4.68 Å². The Hall–Kier alpha value is -0.250. The van der Waals surface area contributed by atoms with Gasteiger partial charge in [0.15, 0.2) is 0 Å². The predicted molar refractivity (Wildman–Crippen MR) is 71.7 cm³/mol. The van der Waals surface area contributed by atoms with E-state index in [1.54, 1.807) is 4.68 Å². The van der Waals surface area contributed by atoms with Crippen LogP contribution in [0, 0.1) is 6.92 Å². The van der Waals surface area contributed by atoms with Gasteiger partial charge in [-0.15, -0.1) is 11.6 Å². The summed E-state index contributed by atoms with van der Waals surface area (Å²) in [5, 5.41) is 8.98. The Kier molecular flexibility index (Phi) is 4.34. The summed E-state index contributed by atoms with van der Waals surface area (Å²) in [6.07, 6.45) is 4.54. The molecule has 1 N–H and O–H groups in total. The number of alkyl halides is 1. The van der Waals surface area contributed by atoms with Crippen molar-refractivity contribution in [2.75, 3.05) is 0 Å². The zero-order valence-corrected chi connectivity index (χ0v) is 11.9. The SMILES string of the molecule is Cc1nn(C)c(Cl)c1CNC1CCC(Cl)CC1. The second-order valence-electron chi connectivity index (χ2n) is 4.81. The van der Waals surface area contributed by atoms with Crippen LogP contribution in [0.3, 0.4) is 0 Å². The summed E-state index contributed by atoms with van der Waals surface area (Å²) in [6, 6.07) is 0.570. The molecule has 0 atom stereocenters. The van der Waals surface area contributed by atoms with E-state index in [9.17, 15) is 0 Å². The number of rotatable bonds is 3. The number of hydrogen-bond acceptors (Lipinski definition) is 2. The lowest BCUT2D eigenvalue weighted by atomic mass is 9.95. The average Bonchev–Trinajstić information content (AvgIpc) is 2.54. The van der Waals surface area contributed by atoms with Gasteiger partial charge in [0, 0.05) is 30.6 Å². The average molecular weight is 276 g/mol. The molecule has 0 spiro atoms. The van der Waals surface area contributed by atoms with Crippen LogP contribution in [0.5, 0.6) is 0 Å². The van der Waals surface area contributed by atoms with E-state index in [0.29, 0.717) is 11.4 Å². The van der Waals surface area contributed by atoms with Crippen molar-refractivity contribution in [3.05, 3.63) is 16.4 Å². The summed E-state index contributed by atoms with van der Waals surface area (Å²) >= 11 is 12.3. The molecule has 17 heavy (non-hydrogen) atoms. The van der Waals surface area contributed by atoms with Crippen LogP contribution in [-0.2, 0) is 13.6 Å². The van der Waals surface area contributed by atoms with Crippen LogP contribution < -0.4 is 5.32 Å². The fraction of sp³-hybridized carbons (Fsp3) is 0.750. The van der Waals surface area contributed by atoms with Gasteiger partial charge in [0.05, 0.1) is 5.69 Å². The van der Waals surface area contributed by atoms with E-state index in [0.717, 1.165) is 48.6 Å². The number of nitrogens with zero attached hydrogens (tertiary/aromatic N) is 2. The molecular formula is C12H19Cl2N3. The van der Waals surface area contributed by atoms with Crippen molar-refractivity contribution >= 4 is 23.2 Å². The van der Waals surface area contributed by atoms with E-state index >= 15 is 0 Å². The van der Waals surface area contributed by atoms with Gasteiger partial charge in [0.1, 0.15) is 5.15 Å². The van der Waals surface area contributed by atoms with E-state index in [1.165, 1.54) is 0 Å². The fourth-order valence-corrected chi connectivity index (χ4v) is 2.87. The van der Waals surface area contributed by atoms with Crippen molar-refractivity contribution in [3.8, 4) is 0 Å². The highest BCUT2D eigenvalue weighted by atomic mass is 35.5. The lowest BCUT2D eigenvalue weighted by molar-refractivity contribution is 0.376. The van der Waals surface area contributed by atoms with Crippen molar-refractivity contribution in [1.29, 1.82) is 0 Å². The van der Waals surface area contributed by atoms with Gasteiger partial charge in [0.25, 0.3) is 0 Å². The number of hydrogen-bond donors (Lipinski definition) is 1. The normalized spacial score (nSPS) is 25.2. The Morgan fingerprint density at radius 2 is 2.00 bits per heavy atom. The number of nitrogens with one attached hydrogen (secondary N) is 1. The van der Waals surface area contributed by atoms with Gasteiger partial charge in [-0.1, -0.05) is 11.6 Å². The standard InChI is InChI=1S/C12H19Cl2N3/c1-8-11(12(14)17(2)16-8)7-15-10-5-3-9(13)4-6-10/h9-10,15H,3-7H2,1-2H3. The molecule has 1 heterocycles. The Balaban J connectivity index is 1.89. The molecule has 0 unspecified atom stereocenters. The van der Waals surface area contributed by atoms with Crippen molar-refractivity contribution in [2.45, 2.75) is 50.6 Å². The monoisotopic (exact) mass is 275 g/mol. The maximum Gasteiger partial charge on any atom is 0.131 e. The summed E-state index contributed by atoms with van der Waals surface area (Å²) in [4.78, 5) is 0. The summed E-state index contributed by atoms with van der Waals surface area (Å²) in [6.45, 7) is 2.80. The van der Waals surface area contributed by atoms with E-state index in [-0.39, 0.29) is 0 Å². The van der Waals surface area contributed by atoms with Crippen molar-refractivity contribution in [1.82, 2.24) is 15.1 Å². The first-order valence-corrected chi connectivity index (χ1v) is 6.94. The molecule has 0 aliphatic heterocycles. The highest BCUT2D eigenvalue weighted by Crippen LogP contribution is 2.24. The summed E-state index contributed by atoms with van der Waals surface area (Å²) in [5.41, 5.74) is 2.12. The van der Waals surface area contributed by atoms with Crippen LogP contribution in [-0.4, -0.2) is 21.2 Å². The van der Waals surface area contributed by atoms with Crippen LogP contribution in [0.2, 0.25) is 5.15 Å². The van der Waals surface area contributed by atoms with Gasteiger partial charge >= 0.3 is 0 Å². The topological polar surface area (TPSA) is 29.9 Å². The molecule has 0 radical (unpaired) electrons. The first-order valence-electron chi connectivity index (χ1n) is 6.13. The molecule has 1 aliphatic rings. The highest BCUT2D eigenvalue weighted by Gasteiger charge is 2.20. The van der Waals surface area contributed by atoms with Crippen LogP contribution in [0.25, 0.3) is 0 Å². The van der Waals surface area contributed by atoms with Crippen molar-refractivity contribution < 1.29 is 0 Å². The molecule has 96 valence electrons. The zero-order chi connectivity index (χ0) is 12.4. The first-order chi connectivity index (χ1) is 8.08. The summed E-state index contributed by atoms with van der Waals surface area (Å²) in [7, 11) is 1.87. The molecule has 1 aromatic heterocycles. The van der Waals surface area contributed by atoms with Gasteiger partial charge in [0.2, 0.25) is 0 Å². The molecule has 1 saturated carbocycles. The van der Waals surface area contributed by atoms with Crippen LogP contribution in [0.1, 0.15) is 36.9 Å². The molecule has 0 amide bonds. The van der Waals surface area contributed by atoms with Gasteiger partial charge in [-0.25, -0.2) is 0 Å². The van der Waals surface area contributed by atoms with Gasteiger partial charge < -0.3 is 5.32 Å². The summed E-state index contributed by atoms with van der Waals surface area (Å²) in [5.74, 6) is 0. The van der Waals surface area contributed by atoms with Crippen LogP contribution in [0.15, 0.2) is 0 Å². The minimum atomic E-state index is 0.372. The first kappa shape index (κ1) is 13.2. The number of halogens is 2. The smallest absolute Gasteiger partial charge is 0.131 e. The van der Waals surface area contributed by atoms with Gasteiger partial charge in [-0.2, -0.15) is 5.10 Å². The largest absolute Gasteiger partial charge is 0.310 e. The number of aromatic nitrogens is 2. The molecule has 3 nitrogen and oxygen atoms in total. The predicted octanol–water partition coefficient (Wildman–Crippen LogP) is 3.02. The molecule has 0 saturated heterocycles. The van der Waals surface area contributed by atoms with Crippen molar-refractivity contribution in [2.24, 2.45) is 7.05 Å². The molecule has 0 bridgehead atoms. The molecule has 5 heteroatoms. The number of aryl methyl sites for hydroxylation is 2. The molecule has 0 aromatic carbocycles. The minimum absolute atomic E-state index is 0.372. The third kappa shape index (κ3) is 3.15. The third-order valence-electron chi connectivity index (χ3n) is 3.49. The lowest BCUT2D eigenvalue weighted by Gasteiger charge is -2.25. The quantitative estimate of drug-likeness (QED) is 0.860.